The van der Waals surface area contributed by atoms with Gasteiger partial charge in [-0.1, -0.05) is 13.0 Å². The fourth-order valence-electron chi connectivity index (χ4n) is 3.39. The lowest BCUT2D eigenvalue weighted by atomic mass is 9.98. The maximum absolute atomic E-state index is 12.9. The minimum Gasteiger partial charge on any atom is -0.491 e. The quantitative estimate of drug-likeness (QED) is 0.711. The number of hydrogen-bond acceptors (Lipinski definition) is 6. The van der Waals surface area contributed by atoms with E-state index >= 15 is 0 Å². The summed E-state index contributed by atoms with van der Waals surface area (Å²) in [7, 11) is 3.09. The maximum atomic E-state index is 12.9. The second-order valence-corrected chi connectivity index (χ2v) is 8.44. The van der Waals surface area contributed by atoms with E-state index in [0.29, 0.717) is 36.8 Å². The number of likely N-dealkylation sites (N-methyl/N-ethyl adjacent to an activating group) is 1. The van der Waals surface area contributed by atoms with E-state index in [4.69, 9.17) is 9.47 Å². The largest absolute Gasteiger partial charge is 0.491 e. The van der Waals surface area contributed by atoms with E-state index in [2.05, 4.69) is 12.2 Å². The average molecular weight is 446 g/mol. The molecule has 0 saturated carbocycles. The molecule has 1 aliphatic rings. The highest BCUT2D eigenvalue weighted by Gasteiger charge is 2.23. The molecule has 0 radical (unpaired) electrons. The van der Waals surface area contributed by atoms with Crippen LogP contribution in [0.5, 0.6) is 5.75 Å². The van der Waals surface area contributed by atoms with Crippen LogP contribution in [0.15, 0.2) is 29.6 Å². The molecule has 0 spiro atoms. The molecule has 1 aromatic carbocycles. The van der Waals surface area contributed by atoms with Gasteiger partial charge in [0.15, 0.2) is 0 Å². The molecule has 3 rings (SSSR count). The Morgan fingerprint density at radius 1 is 1.32 bits per heavy atom. The van der Waals surface area contributed by atoms with Gasteiger partial charge in [0.1, 0.15) is 17.2 Å². The molecule has 166 valence electrons. The number of ether oxygens (including phenoxy) is 2. The third kappa shape index (κ3) is 5.35. The number of hydrogen-bond donors (Lipinski definition) is 1. The van der Waals surface area contributed by atoms with E-state index in [1.54, 1.807) is 35.2 Å². The number of methoxy groups -OCH3 is 1. The zero-order valence-electron chi connectivity index (χ0n) is 18.1. The first-order valence-electron chi connectivity index (χ1n) is 9.99. The molecular formula is C22H27N3O5S. The first-order chi connectivity index (χ1) is 14.8. The van der Waals surface area contributed by atoms with Gasteiger partial charge in [0.25, 0.3) is 0 Å². The highest BCUT2D eigenvalue weighted by Crippen LogP contribution is 2.29. The first-order valence-corrected chi connectivity index (χ1v) is 10.9. The Kier molecular flexibility index (Phi) is 7.17. The molecular weight excluding hydrogens is 418 g/mol. The molecule has 0 aliphatic carbocycles. The monoisotopic (exact) mass is 445 g/mol. The summed E-state index contributed by atoms with van der Waals surface area (Å²) in [5.74, 6) is 0.423. The Morgan fingerprint density at radius 2 is 2.10 bits per heavy atom. The van der Waals surface area contributed by atoms with Gasteiger partial charge in [0, 0.05) is 26.1 Å². The van der Waals surface area contributed by atoms with Crippen LogP contribution in [-0.4, -0.2) is 61.6 Å². The molecule has 0 fully saturated rings. The van der Waals surface area contributed by atoms with Gasteiger partial charge in [-0.2, -0.15) is 0 Å². The lowest BCUT2D eigenvalue weighted by molar-refractivity contribution is -0.127. The van der Waals surface area contributed by atoms with Crippen LogP contribution < -0.4 is 10.1 Å². The van der Waals surface area contributed by atoms with E-state index in [9.17, 15) is 14.4 Å². The Hall–Kier alpha value is -3.07. The van der Waals surface area contributed by atoms with Crippen molar-refractivity contribution in [3.8, 4) is 5.75 Å². The van der Waals surface area contributed by atoms with Gasteiger partial charge in [-0.25, -0.2) is 9.59 Å². The average Bonchev–Trinajstić information content (AvgIpc) is 3.09. The minimum atomic E-state index is -0.482. The first kappa shape index (κ1) is 22.6. The van der Waals surface area contributed by atoms with Gasteiger partial charge in [0.2, 0.25) is 5.91 Å². The maximum Gasteiger partial charge on any atom is 0.350 e. The van der Waals surface area contributed by atoms with Gasteiger partial charge >= 0.3 is 12.0 Å². The highest BCUT2D eigenvalue weighted by molar-refractivity contribution is 7.12. The predicted molar refractivity (Wildman–Crippen MR) is 119 cm³/mol. The second-order valence-electron chi connectivity index (χ2n) is 7.52. The molecule has 1 atom stereocenters. The summed E-state index contributed by atoms with van der Waals surface area (Å²) >= 11 is 1.22. The van der Waals surface area contributed by atoms with Crippen LogP contribution in [0.25, 0.3) is 0 Å². The molecule has 31 heavy (non-hydrogen) atoms. The molecule has 8 nitrogen and oxygen atoms in total. The smallest absolute Gasteiger partial charge is 0.350 e. The van der Waals surface area contributed by atoms with Crippen molar-refractivity contribution < 1.29 is 23.9 Å². The van der Waals surface area contributed by atoms with Crippen molar-refractivity contribution in [3.05, 3.63) is 45.6 Å². The molecule has 1 unspecified atom stereocenters. The number of nitrogens with zero attached hydrogens (tertiary/aromatic N) is 2. The van der Waals surface area contributed by atoms with Crippen molar-refractivity contribution in [3.63, 3.8) is 0 Å². The summed E-state index contributed by atoms with van der Waals surface area (Å²) in [6.07, 6.45) is 0. The molecule has 1 aromatic heterocycles. The molecule has 1 N–H and O–H groups in total. The lowest BCUT2D eigenvalue weighted by Crippen LogP contribution is -2.36. The highest BCUT2D eigenvalue weighted by atomic mass is 32.1. The summed E-state index contributed by atoms with van der Waals surface area (Å²) in [4.78, 5) is 40.0. The Balaban J connectivity index is 1.74. The van der Waals surface area contributed by atoms with Crippen molar-refractivity contribution in [2.45, 2.75) is 26.3 Å². The summed E-state index contributed by atoms with van der Waals surface area (Å²) in [6.45, 7) is 5.38. The van der Waals surface area contributed by atoms with Crippen LogP contribution in [0.1, 0.15) is 40.6 Å². The molecule has 1 aliphatic heterocycles. The topological polar surface area (TPSA) is 88.2 Å². The van der Waals surface area contributed by atoms with Crippen LogP contribution in [-0.2, 0) is 16.1 Å². The number of amides is 3. The van der Waals surface area contributed by atoms with Crippen LogP contribution in [0.2, 0.25) is 0 Å². The van der Waals surface area contributed by atoms with E-state index < -0.39 is 5.97 Å². The SMILES string of the molecule is COC(=O)c1sccc1NC(=O)N1CCOc2ccc(C(C)CN(C)C(C)=O)cc2C1. The van der Waals surface area contributed by atoms with Crippen molar-refractivity contribution in [2.75, 3.05) is 39.2 Å². The molecule has 2 aromatic rings. The third-order valence-corrected chi connectivity index (χ3v) is 6.18. The van der Waals surface area contributed by atoms with Gasteiger partial charge in [0.05, 0.1) is 25.9 Å². The van der Waals surface area contributed by atoms with Gasteiger partial charge in [-0.15, -0.1) is 11.3 Å². The molecule has 3 amide bonds. The van der Waals surface area contributed by atoms with Crippen LogP contribution >= 0.6 is 11.3 Å². The molecule has 2 heterocycles. The Morgan fingerprint density at radius 3 is 2.81 bits per heavy atom. The van der Waals surface area contributed by atoms with Crippen molar-refractivity contribution >= 4 is 34.9 Å². The predicted octanol–water partition coefficient (Wildman–Crippen LogP) is 3.54. The molecule has 0 saturated heterocycles. The second kappa shape index (κ2) is 9.82. The number of esters is 1. The Bertz CT molecular complexity index is 974. The lowest BCUT2D eigenvalue weighted by Gasteiger charge is -2.22. The number of nitrogens with one attached hydrogen (secondary N) is 1. The zero-order chi connectivity index (χ0) is 22.5. The standard InChI is InChI=1S/C22H27N3O5S/c1-14(12-24(3)15(2)26)16-5-6-19-17(11-16)13-25(8-9-30-19)22(28)23-18-7-10-31-20(18)21(27)29-4/h5-7,10-11,14H,8-9,12-13H2,1-4H3,(H,23,28). The fraction of sp³-hybridized carbons (Fsp3) is 0.409. The minimum absolute atomic E-state index is 0.0209. The number of anilines is 1. The number of carbonyl (C=O) groups is 3. The third-order valence-electron chi connectivity index (χ3n) is 5.28. The van der Waals surface area contributed by atoms with Crippen molar-refractivity contribution in [2.24, 2.45) is 0 Å². The summed E-state index contributed by atoms with van der Waals surface area (Å²) < 4.78 is 10.6. The van der Waals surface area contributed by atoms with Gasteiger partial charge < -0.3 is 24.6 Å². The van der Waals surface area contributed by atoms with E-state index in [1.807, 2.05) is 18.2 Å². The summed E-state index contributed by atoms with van der Waals surface area (Å²) in [5, 5.41) is 4.54. The molecule has 0 bridgehead atoms. The zero-order valence-corrected chi connectivity index (χ0v) is 19.0. The van der Waals surface area contributed by atoms with Crippen LogP contribution in [0.4, 0.5) is 10.5 Å². The normalized spacial score (nSPS) is 14.0. The van der Waals surface area contributed by atoms with Crippen molar-refractivity contribution in [1.29, 1.82) is 0 Å². The van der Waals surface area contributed by atoms with Crippen molar-refractivity contribution in [1.82, 2.24) is 9.80 Å². The number of fused-ring (bicyclic) bond motifs is 1. The van der Waals surface area contributed by atoms with E-state index in [-0.39, 0.29) is 17.9 Å². The molecule has 9 heteroatoms. The van der Waals surface area contributed by atoms with Gasteiger partial charge in [-0.05, 0) is 35.1 Å². The number of rotatable bonds is 5. The number of urea groups is 1. The van der Waals surface area contributed by atoms with Crippen LogP contribution in [0, 0.1) is 0 Å². The number of benzene rings is 1. The summed E-state index contributed by atoms with van der Waals surface area (Å²) in [5.41, 5.74) is 2.41. The fourth-order valence-corrected chi connectivity index (χ4v) is 4.16. The van der Waals surface area contributed by atoms with E-state index in [1.165, 1.54) is 18.4 Å². The Labute approximate surface area is 185 Å². The van der Waals surface area contributed by atoms with Gasteiger partial charge in [-0.3, -0.25) is 4.79 Å². The summed E-state index contributed by atoms with van der Waals surface area (Å²) in [6, 6.07) is 7.33. The number of thiophene rings is 1. The number of carbonyl (C=O) groups excluding carboxylic acids is 3. The van der Waals surface area contributed by atoms with E-state index in [0.717, 1.165) is 16.9 Å². The van der Waals surface area contributed by atoms with Crippen LogP contribution in [0.3, 0.4) is 0 Å².